The zero-order valence-electron chi connectivity index (χ0n) is 13.9. The minimum atomic E-state index is -0.462. The number of benzene rings is 1. The molecule has 0 saturated heterocycles. The molecule has 122 valence electrons. The van der Waals surface area contributed by atoms with Crippen molar-refractivity contribution in [3.05, 3.63) is 29.8 Å². The summed E-state index contributed by atoms with van der Waals surface area (Å²) in [6.07, 6.45) is 2.26. The Bertz CT molecular complexity index is 690. The molecular formula is C19H23NO3. The Morgan fingerprint density at radius 2 is 2.04 bits per heavy atom. The summed E-state index contributed by atoms with van der Waals surface area (Å²) in [7, 11) is 0. The molecule has 4 atom stereocenters. The average Bonchev–Trinajstić information content (AvgIpc) is 3.10. The molecule has 0 unspecified atom stereocenters. The van der Waals surface area contributed by atoms with E-state index in [1.54, 1.807) is 0 Å². The van der Waals surface area contributed by atoms with Crippen molar-refractivity contribution in [3.63, 3.8) is 0 Å². The Kier molecular flexibility index (Phi) is 2.94. The van der Waals surface area contributed by atoms with Crippen LogP contribution in [0.4, 0.5) is 0 Å². The summed E-state index contributed by atoms with van der Waals surface area (Å²) < 4.78 is 6.31. The van der Waals surface area contributed by atoms with Gasteiger partial charge in [-0.05, 0) is 51.7 Å². The van der Waals surface area contributed by atoms with Gasteiger partial charge in [0.25, 0.3) is 0 Å². The minimum Gasteiger partial charge on any atom is -0.486 e. The van der Waals surface area contributed by atoms with Crippen molar-refractivity contribution in [1.29, 1.82) is 0 Å². The van der Waals surface area contributed by atoms with E-state index in [-0.39, 0.29) is 29.1 Å². The molecule has 1 aromatic rings. The number of ketones is 1. The SMILES string of the molecule is CC(C)(C)NC(=O)[C@@H]1[C@H]2CC[C@@]3(CC(=O)c4ccccc4O3)[C@@H]21. The van der Waals surface area contributed by atoms with Crippen LogP contribution in [0.3, 0.4) is 0 Å². The second-order valence-electron chi connectivity index (χ2n) is 8.26. The maximum atomic E-state index is 12.5. The zero-order chi connectivity index (χ0) is 16.4. The second-order valence-corrected chi connectivity index (χ2v) is 8.26. The van der Waals surface area contributed by atoms with Crippen molar-refractivity contribution in [2.75, 3.05) is 0 Å². The van der Waals surface area contributed by atoms with Gasteiger partial charge in [-0.2, -0.15) is 0 Å². The van der Waals surface area contributed by atoms with Crippen molar-refractivity contribution < 1.29 is 14.3 Å². The first-order chi connectivity index (χ1) is 10.8. The summed E-state index contributed by atoms with van der Waals surface area (Å²) in [5.74, 6) is 1.50. The maximum Gasteiger partial charge on any atom is 0.224 e. The number of para-hydroxylation sites is 1. The van der Waals surface area contributed by atoms with Crippen LogP contribution < -0.4 is 10.1 Å². The lowest BCUT2D eigenvalue weighted by atomic mass is 9.84. The molecule has 1 aromatic carbocycles. The Morgan fingerprint density at radius 1 is 1.30 bits per heavy atom. The molecule has 0 radical (unpaired) electrons. The molecule has 0 aromatic heterocycles. The number of carbonyl (C=O) groups excluding carboxylic acids is 2. The number of Topliss-reactive ketones (excluding diaryl/α,β-unsaturated/α-hetero) is 1. The van der Waals surface area contributed by atoms with Crippen LogP contribution in [0.25, 0.3) is 0 Å². The van der Waals surface area contributed by atoms with E-state index >= 15 is 0 Å². The van der Waals surface area contributed by atoms with E-state index < -0.39 is 5.60 Å². The fourth-order valence-electron chi connectivity index (χ4n) is 4.57. The molecule has 4 rings (SSSR count). The van der Waals surface area contributed by atoms with E-state index in [0.717, 1.165) is 12.8 Å². The molecular weight excluding hydrogens is 290 g/mol. The largest absolute Gasteiger partial charge is 0.486 e. The predicted molar refractivity (Wildman–Crippen MR) is 86.3 cm³/mol. The first-order valence-electron chi connectivity index (χ1n) is 8.44. The number of hydrogen-bond acceptors (Lipinski definition) is 3. The monoisotopic (exact) mass is 313 g/mol. The van der Waals surface area contributed by atoms with Gasteiger partial charge >= 0.3 is 0 Å². The zero-order valence-corrected chi connectivity index (χ0v) is 13.9. The lowest BCUT2D eigenvalue weighted by Crippen LogP contribution is -2.46. The molecule has 2 fully saturated rings. The third kappa shape index (κ3) is 2.27. The molecule has 1 spiro atoms. The number of carbonyl (C=O) groups is 2. The highest BCUT2D eigenvalue weighted by Crippen LogP contribution is 2.65. The third-order valence-corrected chi connectivity index (χ3v) is 5.44. The Morgan fingerprint density at radius 3 is 2.78 bits per heavy atom. The summed E-state index contributed by atoms with van der Waals surface area (Å²) in [4.78, 5) is 25.1. The van der Waals surface area contributed by atoms with Crippen LogP contribution in [0.1, 0.15) is 50.4 Å². The van der Waals surface area contributed by atoms with Crippen LogP contribution in [0.2, 0.25) is 0 Å². The summed E-state index contributed by atoms with van der Waals surface area (Å²) in [5.41, 5.74) is -0.00890. The van der Waals surface area contributed by atoms with Gasteiger partial charge in [-0.1, -0.05) is 12.1 Å². The molecule has 2 saturated carbocycles. The molecule has 3 aliphatic rings. The molecule has 2 aliphatic carbocycles. The summed E-state index contributed by atoms with van der Waals surface area (Å²) in [6.45, 7) is 5.99. The molecule has 1 amide bonds. The van der Waals surface area contributed by atoms with Gasteiger partial charge in [0.1, 0.15) is 11.4 Å². The van der Waals surface area contributed by atoms with Crippen molar-refractivity contribution in [1.82, 2.24) is 5.32 Å². The first-order valence-corrected chi connectivity index (χ1v) is 8.44. The Hall–Kier alpha value is -1.84. The van der Waals surface area contributed by atoms with E-state index in [4.69, 9.17) is 4.74 Å². The van der Waals surface area contributed by atoms with Crippen molar-refractivity contribution in [2.45, 2.75) is 51.2 Å². The lowest BCUT2D eigenvalue weighted by Gasteiger charge is -2.37. The minimum absolute atomic E-state index is 0.000960. The van der Waals surface area contributed by atoms with Gasteiger partial charge < -0.3 is 10.1 Å². The van der Waals surface area contributed by atoms with Crippen LogP contribution in [0.5, 0.6) is 5.75 Å². The smallest absolute Gasteiger partial charge is 0.224 e. The summed E-state index contributed by atoms with van der Waals surface area (Å²) >= 11 is 0. The highest BCUT2D eigenvalue weighted by Gasteiger charge is 2.70. The van der Waals surface area contributed by atoms with Gasteiger partial charge in [-0.3, -0.25) is 9.59 Å². The number of ether oxygens (including phenoxy) is 1. The first kappa shape index (κ1) is 14.7. The van der Waals surface area contributed by atoms with E-state index in [1.165, 1.54) is 0 Å². The third-order valence-electron chi connectivity index (χ3n) is 5.44. The van der Waals surface area contributed by atoms with E-state index in [9.17, 15) is 9.59 Å². The van der Waals surface area contributed by atoms with Crippen LogP contribution in [0.15, 0.2) is 24.3 Å². The van der Waals surface area contributed by atoms with Crippen molar-refractivity contribution in [2.24, 2.45) is 17.8 Å². The summed E-state index contributed by atoms with van der Waals surface area (Å²) in [5, 5.41) is 3.08. The average molecular weight is 313 g/mol. The normalized spacial score (nSPS) is 34.6. The number of rotatable bonds is 1. The number of amides is 1. The van der Waals surface area contributed by atoms with Gasteiger partial charge in [-0.15, -0.1) is 0 Å². The highest BCUT2D eigenvalue weighted by atomic mass is 16.5. The van der Waals surface area contributed by atoms with Crippen LogP contribution in [-0.2, 0) is 4.79 Å². The van der Waals surface area contributed by atoms with Gasteiger partial charge in [0.05, 0.1) is 12.0 Å². The van der Waals surface area contributed by atoms with Gasteiger partial charge in [-0.25, -0.2) is 0 Å². The fourth-order valence-corrected chi connectivity index (χ4v) is 4.57. The number of hydrogen-bond donors (Lipinski definition) is 1. The fraction of sp³-hybridized carbons (Fsp3) is 0.579. The van der Waals surface area contributed by atoms with Crippen molar-refractivity contribution >= 4 is 11.7 Å². The molecule has 1 N–H and O–H groups in total. The predicted octanol–water partition coefficient (Wildman–Crippen LogP) is 2.96. The van der Waals surface area contributed by atoms with Gasteiger partial charge in [0.15, 0.2) is 5.78 Å². The van der Waals surface area contributed by atoms with E-state index in [0.29, 0.717) is 23.7 Å². The molecule has 4 nitrogen and oxygen atoms in total. The van der Waals surface area contributed by atoms with E-state index in [2.05, 4.69) is 5.32 Å². The molecule has 1 heterocycles. The topological polar surface area (TPSA) is 55.4 Å². The number of nitrogens with one attached hydrogen (secondary N) is 1. The second kappa shape index (κ2) is 4.59. The highest BCUT2D eigenvalue weighted by molar-refractivity contribution is 6.00. The standard InChI is InChI=1S/C19H23NO3/c1-18(2,3)20-17(22)15-12-8-9-19(16(12)15)10-13(21)11-6-4-5-7-14(11)23-19/h4-7,12,15-16H,8-10H2,1-3H3,(H,20,22)/t12-,15-,16+,19-/m1/s1. The van der Waals surface area contributed by atoms with Crippen LogP contribution >= 0.6 is 0 Å². The van der Waals surface area contributed by atoms with Crippen LogP contribution in [-0.4, -0.2) is 22.8 Å². The Labute approximate surface area is 136 Å². The van der Waals surface area contributed by atoms with Crippen molar-refractivity contribution in [3.8, 4) is 5.75 Å². The quantitative estimate of drug-likeness (QED) is 0.867. The molecule has 23 heavy (non-hydrogen) atoms. The Balaban J connectivity index is 1.58. The summed E-state index contributed by atoms with van der Waals surface area (Å²) in [6, 6.07) is 7.46. The number of fused-ring (bicyclic) bond motifs is 3. The lowest BCUT2D eigenvalue weighted by molar-refractivity contribution is -0.125. The molecule has 4 heteroatoms. The molecule has 1 aliphatic heterocycles. The molecule has 0 bridgehead atoms. The van der Waals surface area contributed by atoms with Crippen LogP contribution in [0, 0.1) is 17.8 Å². The van der Waals surface area contributed by atoms with Gasteiger partial charge in [0.2, 0.25) is 5.91 Å². The maximum absolute atomic E-state index is 12.5. The van der Waals surface area contributed by atoms with Gasteiger partial charge in [0, 0.05) is 17.4 Å². The van der Waals surface area contributed by atoms with E-state index in [1.807, 2.05) is 45.0 Å².